The van der Waals surface area contributed by atoms with Gasteiger partial charge in [-0.1, -0.05) is 13.8 Å². The molecule has 8 nitrogen and oxygen atoms in total. The Hall–Kier alpha value is -2.25. The molecule has 1 atom stereocenters. The molecule has 21 heavy (non-hydrogen) atoms. The van der Waals surface area contributed by atoms with Crippen molar-refractivity contribution < 1.29 is 4.79 Å². The number of nitrogens with one attached hydrogen (secondary N) is 1. The summed E-state index contributed by atoms with van der Waals surface area (Å²) in [6, 6.07) is -0.128. The number of aryl methyl sites for hydroxylation is 2. The first kappa shape index (κ1) is 15.1. The van der Waals surface area contributed by atoms with Crippen LogP contribution in [-0.4, -0.2) is 35.4 Å². The molecule has 114 valence electrons. The van der Waals surface area contributed by atoms with Crippen molar-refractivity contribution in [2.24, 2.45) is 13.0 Å². The normalized spacial score (nSPS) is 12.6. The minimum atomic E-state index is -0.128. The number of rotatable bonds is 7. The topological polar surface area (TPSA) is 90.5 Å². The Balaban J connectivity index is 1.85. The van der Waals surface area contributed by atoms with Gasteiger partial charge in [0, 0.05) is 20.0 Å². The average molecular weight is 291 g/mol. The van der Waals surface area contributed by atoms with Crippen LogP contribution in [0.15, 0.2) is 19.0 Å². The van der Waals surface area contributed by atoms with E-state index in [1.807, 2.05) is 7.05 Å². The van der Waals surface area contributed by atoms with Crippen molar-refractivity contribution in [2.45, 2.75) is 39.3 Å². The van der Waals surface area contributed by atoms with E-state index in [1.165, 1.54) is 12.7 Å². The standard InChI is InChI=1S/C13H21N7O/c1-10(2)12(13-15-8-16-19(13)3)18-11(21)5-4-6-20-9-14-7-17-20/h7-10,12H,4-6H2,1-3H3,(H,18,21). The molecule has 2 aromatic heterocycles. The van der Waals surface area contributed by atoms with Gasteiger partial charge in [-0.2, -0.15) is 10.2 Å². The first-order chi connectivity index (χ1) is 10.1. The monoisotopic (exact) mass is 291 g/mol. The molecular weight excluding hydrogens is 270 g/mol. The zero-order valence-electron chi connectivity index (χ0n) is 12.6. The highest BCUT2D eigenvalue weighted by atomic mass is 16.1. The molecule has 0 aliphatic heterocycles. The highest BCUT2D eigenvalue weighted by Gasteiger charge is 2.22. The number of nitrogens with zero attached hydrogens (tertiary/aromatic N) is 6. The lowest BCUT2D eigenvalue weighted by Gasteiger charge is -2.21. The maximum absolute atomic E-state index is 12.1. The highest BCUT2D eigenvalue weighted by molar-refractivity contribution is 5.76. The first-order valence-electron chi connectivity index (χ1n) is 7.03. The lowest BCUT2D eigenvalue weighted by molar-refractivity contribution is -0.122. The van der Waals surface area contributed by atoms with Gasteiger partial charge in [0.05, 0.1) is 6.04 Å². The fourth-order valence-corrected chi connectivity index (χ4v) is 2.11. The van der Waals surface area contributed by atoms with Gasteiger partial charge in [0.25, 0.3) is 0 Å². The van der Waals surface area contributed by atoms with E-state index in [1.54, 1.807) is 15.7 Å². The molecule has 0 saturated carbocycles. The maximum atomic E-state index is 12.1. The average Bonchev–Trinajstić information content (AvgIpc) is 3.07. The van der Waals surface area contributed by atoms with E-state index in [2.05, 4.69) is 39.3 Å². The molecule has 1 amide bonds. The van der Waals surface area contributed by atoms with Crippen LogP contribution in [0.25, 0.3) is 0 Å². The summed E-state index contributed by atoms with van der Waals surface area (Å²) in [4.78, 5) is 20.2. The van der Waals surface area contributed by atoms with Gasteiger partial charge in [-0.25, -0.2) is 9.97 Å². The lowest BCUT2D eigenvalue weighted by Crippen LogP contribution is -2.33. The van der Waals surface area contributed by atoms with Crippen LogP contribution < -0.4 is 5.32 Å². The number of hydrogen-bond acceptors (Lipinski definition) is 5. The number of aromatic nitrogens is 6. The minimum Gasteiger partial charge on any atom is -0.346 e. The summed E-state index contributed by atoms with van der Waals surface area (Å²) >= 11 is 0. The molecular formula is C13H21N7O. The summed E-state index contributed by atoms with van der Waals surface area (Å²) in [6.45, 7) is 4.79. The quantitative estimate of drug-likeness (QED) is 0.811. The number of carbonyl (C=O) groups excluding carboxylic acids is 1. The zero-order chi connectivity index (χ0) is 15.2. The van der Waals surface area contributed by atoms with Crippen LogP contribution in [0.4, 0.5) is 0 Å². The Labute approximate surface area is 123 Å². The maximum Gasteiger partial charge on any atom is 0.220 e. The summed E-state index contributed by atoms with van der Waals surface area (Å²) < 4.78 is 3.41. The smallest absolute Gasteiger partial charge is 0.220 e. The van der Waals surface area contributed by atoms with Crippen molar-refractivity contribution in [2.75, 3.05) is 0 Å². The van der Waals surface area contributed by atoms with E-state index in [4.69, 9.17) is 0 Å². The molecule has 0 bridgehead atoms. The Morgan fingerprint density at radius 3 is 2.71 bits per heavy atom. The van der Waals surface area contributed by atoms with Crippen LogP contribution in [0.2, 0.25) is 0 Å². The Kier molecular flexibility index (Phi) is 5.02. The predicted molar refractivity (Wildman–Crippen MR) is 76.0 cm³/mol. The largest absolute Gasteiger partial charge is 0.346 e. The molecule has 1 N–H and O–H groups in total. The predicted octanol–water partition coefficient (Wildman–Crippen LogP) is 0.700. The molecule has 0 fully saturated rings. The molecule has 8 heteroatoms. The van der Waals surface area contributed by atoms with E-state index in [0.717, 1.165) is 12.2 Å². The van der Waals surface area contributed by atoms with Gasteiger partial charge in [-0.05, 0) is 12.3 Å². The second-order valence-electron chi connectivity index (χ2n) is 5.29. The summed E-state index contributed by atoms with van der Waals surface area (Å²) in [6.07, 6.45) is 5.80. The Morgan fingerprint density at radius 1 is 1.33 bits per heavy atom. The number of hydrogen-bond donors (Lipinski definition) is 1. The SMILES string of the molecule is CC(C)C(NC(=O)CCCn1cncn1)c1ncnn1C. The molecule has 2 aromatic rings. The van der Waals surface area contributed by atoms with Crippen molar-refractivity contribution in [3.05, 3.63) is 24.8 Å². The number of carbonyl (C=O) groups is 1. The molecule has 0 radical (unpaired) electrons. The van der Waals surface area contributed by atoms with Crippen molar-refractivity contribution in [3.8, 4) is 0 Å². The van der Waals surface area contributed by atoms with Gasteiger partial charge >= 0.3 is 0 Å². The summed E-state index contributed by atoms with van der Waals surface area (Å²) in [5, 5.41) is 11.1. The van der Waals surface area contributed by atoms with E-state index in [9.17, 15) is 4.79 Å². The van der Waals surface area contributed by atoms with Crippen molar-refractivity contribution in [3.63, 3.8) is 0 Å². The van der Waals surface area contributed by atoms with Gasteiger partial charge in [-0.15, -0.1) is 0 Å². The fourth-order valence-electron chi connectivity index (χ4n) is 2.11. The van der Waals surface area contributed by atoms with E-state index in [-0.39, 0.29) is 17.9 Å². The third kappa shape index (κ3) is 4.11. The number of amides is 1. The van der Waals surface area contributed by atoms with Gasteiger partial charge in [0.2, 0.25) is 5.91 Å². The molecule has 2 rings (SSSR count). The molecule has 0 aromatic carbocycles. The second-order valence-corrected chi connectivity index (χ2v) is 5.29. The van der Waals surface area contributed by atoms with Gasteiger partial charge < -0.3 is 5.32 Å². The van der Waals surface area contributed by atoms with E-state index < -0.39 is 0 Å². The third-order valence-corrected chi connectivity index (χ3v) is 3.27. The van der Waals surface area contributed by atoms with Crippen LogP contribution >= 0.6 is 0 Å². The molecule has 2 heterocycles. The lowest BCUT2D eigenvalue weighted by atomic mass is 10.0. The van der Waals surface area contributed by atoms with Crippen LogP contribution in [0.5, 0.6) is 0 Å². The van der Waals surface area contributed by atoms with E-state index in [0.29, 0.717) is 13.0 Å². The van der Waals surface area contributed by atoms with Crippen LogP contribution in [-0.2, 0) is 18.4 Å². The highest BCUT2D eigenvalue weighted by Crippen LogP contribution is 2.19. The van der Waals surface area contributed by atoms with Crippen molar-refractivity contribution in [1.29, 1.82) is 0 Å². The van der Waals surface area contributed by atoms with Crippen molar-refractivity contribution in [1.82, 2.24) is 34.8 Å². The van der Waals surface area contributed by atoms with Crippen LogP contribution in [0.1, 0.15) is 38.6 Å². The minimum absolute atomic E-state index is 0.0109. The van der Waals surface area contributed by atoms with Gasteiger partial charge in [-0.3, -0.25) is 14.2 Å². The summed E-state index contributed by atoms with van der Waals surface area (Å²) in [7, 11) is 1.83. The Morgan fingerprint density at radius 2 is 2.14 bits per heavy atom. The zero-order valence-corrected chi connectivity index (χ0v) is 12.6. The van der Waals surface area contributed by atoms with Gasteiger partial charge in [0.1, 0.15) is 24.8 Å². The second kappa shape index (κ2) is 6.96. The van der Waals surface area contributed by atoms with Gasteiger partial charge in [0.15, 0.2) is 0 Å². The Bertz CT molecular complexity index is 561. The molecule has 0 aliphatic carbocycles. The molecule has 0 saturated heterocycles. The summed E-state index contributed by atoms with van der Waals surface area (Å²) in [5.74, 6) is 1.03. The fraction of sp³-hybridized carbons (Fsp3) is 0.615. The first-order valence-corrected chi connectivity index (χ1v) is 7.03. The van der Waals surface area contributed by atoms with Crippen LogP contribution in [0, 0.1) is 5.92 Å². The molecule has 0 spiro atoms. The third-order valence-electron chi connectivity index (χ3n) is 3.27. The molecule has 1 unspecified atom stereocenters. The molecule has 0 aliphatic rings. The van der Waals surface area contributed by atoms with Crippen molar-refractivity contribution >= 4 is 5.91 Å². The van der Waals surface area contributed by atoms with Crippen LogP contribution in [0.3, 0.4) is 0 Å². The summed E-state index contributed by atoms with van der Waals surface area (Å²) in [5.41, 5.74) is 0. The van der Waals surface area contributed by atoms with E-state index >= 15 is 0 Å².